The van der Waals surface area contributed by atoms with Crippen molar-refractivity contribution in [2.45, 2.75) is 298 Å². The fourth-order valence-corrected chi connectivity index (χ4v) is 7.99. The van der Waals surface area contributed by atoms with Crippen LogP contribution in [0.5, 0.6) is 0 Å². The first-order valence-electron chi connectivity index (χ1n) is 26.2. The third-order valence-electron chi connectivity index (χ3n) is 12.0. The highest BCUT2D eigenvalue weighted by molar-refractivity contribution is 5.71. The van der Waals surface area contributed by atoms with Crippen LogP contribution in [0.2, 0.25) is 0 Å². The average Bonchev–Trinajstić information content (AvgIpc) is 3.20. The van der Waals surface area contributed by atoms with Crippen LogP contribution >= 0.6 is 0 Å². The summed E-state index contributed by atoms with van der Waals surface area (Å²) in [7, 11) is 0. The Bertz CT molecular complexity index is 900. The predicted molar refractivity (Wildman–Crippen MR) is 252 cm³/mol. The van der Waals surface area contributed by atoms with Crippen molar-refractivity contribution in [1.29, 1.82) is 0 Å². The summed E-state index contributed by atoms with van der Waals surface area (Å²) in [6.45, 7) is 11.4. The molecule has 0 saturated carbocycles. The molecule has 0 amide bonds. The third kappa shape index (κ3) is 47.3. The second kappa shape index (κ2) is 45.9. The van der Waals surface area contributed by atoms with E-state index in [9.17, 15) is 14.4 Å². The van der Waals surface area contributed by atoms with E-state index < -0.39 is 6.10 Å². The molecule has 59 heavy (non-hydrogen) atoms. The van der Waals surface area contributed by atoms with E-state index in [0.29, 0.717) is 19.3 Å². The summed E-state index contributed by atoms with van der Waals surface area (Å²) in [6, 6.07) is 0. The van der Waals surface area contributed by atoms with E-state index in [1.165, 1.54) is 180 Å². The molecule has 0 spiro atoms. The summed E-state index contributed by atoms with van der Waals surface area (Å²) < 4.78 is 16.8. The largest absolute Gasteiger partial charge is 0.462 e. The summed E-state index contributed by atoms with van der Waals surface area (Å²) in [5, 5.41) is 0. The highest BCUT2D eigenvalue weighted by Gasteiger charge is 2.19. The molecule has 6 nitrogen and oxygen atoms in total. The molecular weight excluding hydrogens is 733 g/mol. The van der Waals surface area contributed by atoms with Crippen molar-refractivity contribution in [3.63, 3.8) is 0 Å². The zero-order valence-electron chi connectivity index (χ0n) is 40.4. The normalized spacial score (nSPS) is 12.1. The molecule has 0 fully saturated rings. The van der Waals surface area contributed by atoms with E-state index in [1.54, 1.807) is 0 Å². The molecule has 0 heterocycles. The molecule has 0 aliphatic heterocycles. The van der Waals surface area contributed by atoms with Gasteiger partial charge in [-0.3, -0.25) is 14.4 Å². The second-order valence-electron chi connectivity index (χ2n) is 19.1. The summed E-state index contributed by atoms with van der Waals surface area (Å²) in [5.41, 5.74) is 0. The van der Waals surface area contributed by atoms with Gasteiger partial charge >= 0.3 is 17.9 Å². The third-order valence-corrected chi connectivity index (χ3v) is 12.0. The van der Waals surface area contributed by atoms with Crippen molar-refractivity contribution >= 4 is 17.9 Å². The van der Waals surface area contributed by atoms with Crippen molar-refractivity contribution in [2.75, 3.05) is 13.2 Å². The Labute approximate surface area is 368 Å². The Balaban J connectivity index is 4.25. The summed E-state index contributed by atoms with van der Waals surface area (Å²) in [5.74, 6) is 0.817. The average molecular weight is 835 g/mol. The van der Waals surface area contributed by atoms with Crippen molar-refractivity contribution in [3.05, 3.63) is 0 Å². The van der Waals surface area contributed by atoms with Gasteiger partial charge in [-0.05, 0) is 31.1 Å². The molecule has 0 saturated heterocycles. The van der Waals surface area contributed by atoms with Gasteiger partial charge in [-0.1, -0.05) is 253 Å². The van der Waals surface area contributed by atoms with Crippen molar-refractivity contribution in [3.8, 4) is 0 Å². The molecule has 350 valence electrons. The molecule has 0 aliphatic rings. The topological polar surface area (TPSA) is 78.9 Å². The van der Waals surface area contributed by atoms with Crippen LogP contribution in [-0.4, -0.2) is 37.2 Å². The number of ether oxygens (including phenoxy) is 3. The molecule has 0 radical (unpaired) electrons. The van der Waals surface area contributed by atoms with Gasteiger partial charge in [-0.15, -0.1) is 0 Å². The first-order valence-corrected chi connectivity index (χ1v) is 26.2. The second-order valence-corrected chi connectivity index (χ2v) is 19.1. The quantitative estimate of drug-likeness (QED) is 0.0345. The van der Waals surface area contributed by atoms with Gasteiger partial charge in [-0.25, -0.2) is 0 Å². The fraction of sp³-hybridized carbons (Fsp3) is 0.943. The fourth-order valence-electron chi connectivity index (χ4n) is 7.99. The van der Waals surface area contributed by atoms with Crippen LogP contribution in [0.1, 0.15) is 291 Å². The van der Waals surface area contributed by atoms with Gasteiger partial charge < -0.3 is 14.2 Å². The lowest BCUT2D eigenvalue weighted by molar-refractivity contribution is -0.167. The van der Waals surface area contributed by atoms with Gasteiger partial charge in [0.15, 0.2) is 6.10 Å². The highest BCUT2D eigenvalue weighted by Crippen LogP contribution is 2.17. The highest BCUT2D eigenvalue weighted by atomic mass is 16.6. The summed E-state index contributed by atoms with van der Waals surface area (Å²) >= 11 is 0. The monoisotopic (exact) mass is 835 g/mol. The minimum Gasteiger partial charge on any atom is -0.462 e. The van der Waals surface area contributed by atoms with Crippen LogP contribution in [0, 0.1) is 11.8 Å². The van der Waals surface area contributed by atoms with E-state index in [2.05, 4.69) is 34.6 Å². The molecular formula is C53H102O6. The van der Waals surface area contributed by atoms with Crippen LogP contribution in [0.25, 0.3) is 0 Å². The van der Waals surface area contributed by atoms with E-state index >= 15 is 0 Å². The van der Waals surface area contributed by atoms with Crippen LogP contribution in [0.3, 0.4) is 0 Å². The van der Waals surface area contributed by atoms with Crippen molar-refractivity contribution in [2.24, 2.45) is 11.8 Å². The molecule has 6 heteroatoms. The molecule has 0 N–H and O–H groups in total. The molecule has 0 aromatic rings. The Hall–Kier alpha value is -1.59. The minimum atomic E-state index is -0.761. The number of hydrogen-bond donors (Lipinski definition) is 0. The maximum Gasteiger partial charge on any atom is 0.306 e. The van der Waals surface area contributed by atoms with Gasteiger partial charge in [-0.2, -0.15) is 0 Å². The Kier molecular flexibility index (Phi) is 44.7. The van der Waals surface area contributed by atoms with Gasteiger partial charge in [0, 0.05) is 19.3 Å². The number of rotatable bonds is 47. The minimum absolute atomic E-state index is 0.0636. The Morgan fingerprint density at radius 2 is 0.559 bits per heavy atom. The van der Waals surface area contributed by atoms with Crippen LogP contribution < -0.4 is 0 Å². The zero-order chi connectivity index (χ0) is 43.3. The molecule has 0 aromatic heterocycles. The molecule has 0 rings (SSSR count). The van der Waals surface area contributed by atoms with Crippen molar-refractivity contribution < 1.29 is 28.6 Å². The van der Waals surface area contributed by atoms with Gasteiger partial charge in [0.1, 0.15) is 13.2 Å². The van der Waals surface area contributed by atoms with E-state index in [-0.39, 0.29) is 31.1 Å². The lowest BCUT2D eigenvalue weighted by Crippen LogP contribution is -2.30. The number of unbranched alkanes of at least 4 members (excludes halogenated alkanes) is 32. The number of carbonyl (C=O) groups is 3. The van der Waals surface area contributed by atoms with E-state index in [4.69, 9.17) is 14.2 Å². The van der Waals surface area contributed by atoms with Crippen LogP contribution in [0.15, 0.2) is 0 Å². The lowest BCUT2D eigenvalue weighted by Gasteiger charge is -2.18. The predicted octanol–water partition coefficient (Wildman–Crippen LogP) is 16.9. The number of carbonyl (C=O) groups excluding carboxylic acids is 3. The summed E-state index contributed by atoms with van der Waals surface area (Å²) in [4.78, 5) is 37.9. The molecule has 1 atom stereocenters. The van der Waals surface area contributed by atoms with Gasteiger partial charge in [0.25, 0.3) is 0 Å². The summed E-state index contributed by atoms with van der Waals surface area (Å²) in [6.07, 6.45) is 46.6. The Morgan fingerprint density at radius 1 is 0.322 bits per heavy atom. The molecule has 0 aliphatic carbocycles. The number of esters is 3. The molecule has 0 bridgehead atoms. The molecule has 0 aromatic carbocycles. The first-order chi connectivity index (χ1) is 28.7. The standard InChI is InChI=1S/C53H102O6/c1-6-7-8-9-10-11-23-28-33-38-43-51(54)57-46-50(59-53(56)45-40-35-30-25-20-19-22-27-32-37-42-49(4)5)47-58-52(55)44-39-34-29-24-18-16-14-12-13-15-17-21-26-31-36-41-48(2)3/h48-50H,6-47H2,1-5H3/t50-/m1/s1. The van der Waals surface area contributed by atoms with Gasteiger partial charge in [0.05, 0.1) is 0 Å². The van der Waals surface area contributed by atoms with Crippen LogP contribution in [0.4, 0.5) is 0 Å². The lowest BCUT2D eigenvalue weighted by atomic mass is 10.0. The van der Waals surface area contributed by atoms with E-state index in [0.717, 1.165) is 69.6 Å². The van der Waals surface area contributed by atoms with Crippen LogP contribution in [-0.2, 0) is 28.6 Å². The SMILES string of the molecule is CCCCCCCCCCCCC(=O)OC[C@H](COC(=O)CCCCCCCCCCCCCCCCCC(C)C)OC(=O)CCCCCCCCCCCCC(C)C. The van der Waals surface area contributed by atoms with E-state index in [1.807, 2.05) is 0 Å². The maximum absolute atomic E-state index is 12.8. The zero-order valence-corrected chi connectivity index (χ0v) is 40.4. The van der Waals surface area contributed by atoms with Gasteiger partial charge in [0.2, 0.25) is 0 Å². The smallest absolute Gasteiger partial charge is 0.306 e. The number of hydrogen-bond acceptors (Lipinski definition) is 6. The molecule has 0 unspecified atom stereocenters. The Morgan fingerprint density at radius 3 is 0.831 bits per heavy atom. The van der Waals surface area contributed by atoms with Crippen molar-refractivity contribution in [1.82, 2.24) is 0 Å². The first kappa shape index (κ1) is 57.4. The maximum atomic E-state index is 12.8.